The fraction of sp³-hybridized carbons (Fsp3) is 0.417. The van der Waals surface area contributed by atoms with Crippen molar-refractivity contribution in [3.63, 3.8) is 0 Å². The van der Waals surface area contributed by atoms with Crippen molar-refractivity contribution >= 4 is 23.4 Å². The lowest BCUT2D eigenvalue weighted by Crippen LogP contribution is -2.37. The van der Waals surface area contributed by atoms with E-state index in [1.165, 1.54) is 18.0 Å². The number of urea groups is 1. The van der Waals surface area contributed by atoms with E-state index in [0.717, 1.165) is 12.8 Å². The lowest BCUT2D eigenvalue weighted by atomic mass is 10.3. The monoisotopic (exact) mass is 250 g/mol. The van der Waals surface area contributed by atoms with E-state index in [2.05, 4.69) is 10.3 Å². The zero-order valence-electron chi connectivity index (χ0n) is 10.6. The fourth-order valence-corrected chi connectivity index (χ4v) is 1.50. The molecule has 6 nitrogen and oxygen atoms in total. The van der Waals surface area contributed by atoms with E-state index in [1.807, 2.05) is 6.92 Å². The van der Waals surface area contributed by atoms with Crippen molar-refractivity contribution in [3.05, 3.63) is 18.3 Å². The van der Waals surface area contributed by atoms with E-state index in [1.54, 1.807) is 12.1 Å². The van der Waals surface area contributed by atoms with Gasteiger partial charge in [-0.1, -0.05) is 13.3 Å². The maximum absolute atomic E-state index is 11.4. The first-order valence-electron chi connectivity index (χ1n) is 5.85. The number of rotatable bonds is 5. The third kappa shape index (κ3) is 4.04. The van der Waals surface area contributed by atoms with Gasteiger partial charge >= 0.3 is 6.03 Å². The van der Waals surface area contributed by atoms with Crippen LogP contribution < -0.4 is 16.0 Å². The summed E-state index contributed by atoms with van der Waals surface area (Å²) in [5, 5.41) is 2.64. The molecule has 0 bridgehead atoms. The van der Waals surface area contributed by atoms with Crippen LogP contribution in [0.3, 0.4) is 0 Å². The molecule has 3 amide bonds. The number of hydrogen-bond donors (Lipinski definition) is 2. The number of nitrogens with two attached hydrogens (primary N) is 1. The summed E-state index contributed by atoms with van der Waals surface area (Å²) in [6.45, 7) is 3.96. The van der Waals surface area contributed by atoms with E-state index in [4.69, 9.17) is 5.73 Å². The molecule has 98 valence electrons. The van der Waals surface area contributed by atoms with Crippen molar-refractivity contribution in [1.82, 2.24) is 4.98 Å². The molecule has 0 atom stereocenters. The van der Waals surface area contributed by atoms with Gasteiger partial charge in [0.15, 0.2) is 0 Å². The molecule has 0 spiro atoms. The van der Waals surface area contributed by atoms with Gasteiger partial charge in [0, 0.05) is 31.4 Å². The Morgan fingerprint density at radius 3 is 2.78 bits per heavy atom. The van der Waals surface area contributed by atoms with Gasteiger partial charge in [-0.15, -0.1) is 0 Å². The molecule has 18 heavy (non-hydrogen) atoms. The van der Waals surface area contributed by atoms with Gasteiger partial charge in [-0.25, -0.2) is 9.78 Å². The number of carbonyl (C=O) groups is 2. The highest BCUT2D eigenvalue weighted by molar-refractivity contribution is 5.92. The first-order valence-corrected chi connectivity index (χ1v) is 5.85. The second-order valence-electron chi connectivity index (χ2n) is 3.93. The van der Waals surface area contributed by atoms with E-state index < -0.39 is 6.03 Å². The van der Waals surface area contributed by atoms with Crippen molar-refractivity contribution < 1.29 is 9.59 Å². The second kappa shape index (κ2) is 6.58. The Morgan fingerprint density at radius 1 is 1.50 bits per heavy atom. The highest BCUT2D eigenvalue weighted by Gasteiger charge is 2.13. The number of aromatic nitrogens is 1. The number of pyridine rings is 1. The second-order valence-corrected chi connectivity index (χ2v) is 3.93. The minimum Gasteiger partial charge on any atom is -0.351 e. The molecule has 1 rings (SSSR count). The van der Waals surface area contributed by atoms with Crippen LogP contribution in [0.4, 0.5) is 16.3 Å². The smallest absolute Gasteiger partial charge is 0.320 e. The molecule has 0 saturated heterocycles. The van der Waals surface area contributed by atoms with Crippen molar-refractivity contribution in [1.29, 1.82) is 0 Å². The summed E-state index contributed by atoms with van der Waals surface area (Å²) in [5.41, 5.74) is 5.91. The van der Waals surface area contributed by atoms with Gasteiger partial charge in [0.05, 0.1) is 0 Å². The fourth-order valence-electron chi connectivity index (χ4n) is 1.50. The summed E-state index contributed by atoms with van der Waals surface area (Å²) < 4.78 is 0. The van der Waals surface area contributed by atoms with E-state index >= 15 is 0 Å². The Bertz CT molecular complexity index is 434. The van der Waals surface area contributed by atoms with E-state index in [0.29, 0.717) is 18.1 Å². The van der Waals surface area contributed by atoms with Crippen LogP contribution in [0, 0.1) is 0 Å². The largest absolute Gasteiger partial charge is 0.351 e. The van der Waals surface area contributed by atoms with Crippen molar-refractivity contribution in [2.75, 3.05) is 16.8 Å². The van der Waals surface area contributed by atoms with Gasteiger partial charge in [0.1, 0.15) is 5.82 Å². The molecule has 0 saturated carbocycles. The van der Waals surface area contributed by atoms with Crippen LogP contribution in [-0.2, 0) is 4.79 Å². The van der Waals surface area contributed by atoms with E-state index in [-0.39, 0.29) is 5.91 Å². The third-order valence-electron chi connectivity index (χ3n) is 2.34. The van der Waals surface area contributed by atoms with Crippen LogP contribution in [0.1, 0.15) is 26.7 Å². The number of unbranched alkanes of at least 4 members (excludes halogenated alkanes) is 1. The minimum atomic E-state index is -0.545. The van der Waals surface area contributed by atoms with Crippen LogP contribution in [-0.4, -0.2) is 23.5 Å². The van der Waals surface area contributed by atoms with Crippen molar-refractivity contribution in [2.24, 2.45) is 5.73 Å². The predicted molar refractivity (Wildman–Crippen MR) is 70.4 cm³/mol. The number of amides is 3. The van der Waals surface area contributed by atoms with Gasteiger partial charge in [-0.2, -0.15) is 0 Å². The lowest BCUT2D eigenvalue weighted by Gasteiger charge is -2.19. The van der Waals surface area contributed by atoms with Gasteiger partial charge in [0.25, 0.3) is 0 Å². The number of primary amides is 1. The summed E-state index contributed by atoms with van der Waals surface area (Å²) in [7, 11) is 0. The molecule has 1 aromatic rings. The third-order valence-corrected chi connectivity index (χ3v) is 2.34. The first kappa shape index (κ1) is 14.0. The quantitative estimate of drug-likeness (QED) is 0.834. The van der Waals surface area contributed by atoms with Crippen LogP contribution >= 0.6 is 0 Å². The SMILES string of the molecule is CCCCN(C(N)=O)c1cc(NC(C)=O)ccn1. The summed E-state index contributed by atoms with van der Waals surface area (Å²) in [6, 6.07) is 2.74. The molecule has 1 heterocycles. The molecular weight excluding hydrogens is 232 g/mol. The summed E-state index contributed by atoms with van der Waals surface area (Å²) >= 11 is 0. The van der Waals surface area contributed by atoms with Crippen molar-refractivity contribution in [3.8, 4) is 0 Å². The van der Waals surface area contributed by atoms with Crippen LogP contribution in [0.15, 0.2) is 18.3 Å². The molecular formula is C12H18N4O2. The van der Waals surface area contributed by atoms with Gasteiger partial charge in [-0.05, 0) is 12.5 Å². The number of carbonyl (C=O) groups excluding carboxylic acids is 2. The first-order chi connectivity index (χ1) is 8.54. The zero-order chi connectivity index (χ0) is 13.5. The Kier molecular flexibility index (Phi) is 5.10. The molecule has 0 aliphatic heterocycles. The maximum atomic E-state index is 11.4. The van der Waals surface area contributed by atoms with Crippen molar-refractivity contribution in [2.45, 2.75) is 26.7 Å². The lowest BCUT2D eigenvalue weighted by molar-refractivity contribution is -0.114. The molecule has 3 N–H and O–H groups in total. The normalized spacial score (nSPS) is 9.89. The molecule has 0 fully saturated rings. The molecule has 0 aromatic carbocycles. The standard InChI is InChI=1S/C12H18N4O2/c1-3-4-7-16(12(13)18)11-8-10(5-6-14-11)15-9(2)17/h5-6,8H,3-4,7H2,1-2H3,(H2,13,18)(H,14,15,17). The minimum absolute atomic E-state index is 0.175. The molecule has 0 aliphatic carbocycles. The summed E-state index contributed by atoms with van der Waals surface area (Å²) in [4.78, 5) is 27.8. The molecule has 6 heteroatoms. The molecule has 1 aromatic heterocycles. The number of anilines is 2. The van der Waals surface area contributed by atoms with Gasteiger partial charge in [0.2, 0.25) is 5.91 Å². The average Bonchev–Trinajstić information content (AvgIpc) is 2.28. The summed E-state index contributed by atoms with van der Waals surface area (Å²) in [5.74, 6) is 0.272. The van der Waals surface area contributed by atoms with Crippen LogP contribution in [0.25, 0.3) is 0 Å². The number of hydrogen-bond acceptors (Lipinski definition) is 3. The highest BCUT2D eigenvalue weighted by Crippen LogP contribution is 2.16. The highest BCUT2D eigenvalue weighted by atomic mass is 16.2. The molecule has 0 aliphatic rings. The molecule has 0 radical (unpaired) electrons. The summed E-state index contributed by atoms with van der Waals surface area (Å²) in [6.07, 6.45) is 3.33. The van der Waals surface area contributed by atoms with Gasteiger partial charge < -0.3 is 11.1 Å². The zero-order valence-corrected chi connectivity index (χ0v) is 10.6. The average molecular weight is 250 g/mol. The Balaban J connectivity index is 2.90. The topological polar surface area (TPSA) is 88.3 Å². The Hall–Kier alpha value is -2.11. The molecule has 0 unspecified atom stereocenters. The van der Waals surface area contributed by atoms with Crippen LogP contribution in [0.2, 0.25) is 0 Å². The Labute approximate surface area is 106 Å². The van der Waals surface area contributed by atoms with E-state index in [9.17, 15) is 9.59 Å². The Morgan fingerprint density at radius 2 is 2.22 bits per heavy atom. The van der Waals surface area contributed by atoms with Gasteiger partial charge in [-0.3, -0.25) is 9.69 Å². The van der Waals surface area contributed by atoms with Crippen LogP contribution in [0.5, 0.6) is 0 Å². The number of nitrogens with one attached hydrogen (secondary N) is 1. The predicted octanol–water partition coefficient (Wildman–Crippen LogP) is 1.73. The maximum Gasteiger partial charge on any atom is 0.320 e. The number of nitrogens with zero attached hydrogens (tertiary/aromatic N) is 2.